The highest BCUT2D eigenvalue weighted by atomic mass is 19.4. The molecule has 0 aliphatic heterocycles. The normalized spacial score (nSPS) is 13.1. The highest BCUT2D eigenvalue weighted by Crippen LogP contribution is 2.61. The Morgan fingerprint density at radius 3 is 0.794 bits per heavy atom. The lowest BCUT2D eigenvalue weighted by molar-refractivity contribution is -0.289. The number of rotatable bonds is 10. The molecule has 0 atom stereocenters. The van der Waals surface area contributed by atoms with Crippen molar-refractivity contribution in [1.82, 2.24) is 0 Å². The lowest BCUT2D eigenvalue weighted by Gasteiger charge is -2.40. The van der Waals surface area contributed by atoms with Gasteiger partial charge in [0, 0.05) is 0 Å². The Balaban J connectivity index is 2.24. The van der Waals surface area contributed by atoms with Gasteiger partial charge < -0.3 is 29.9 Å². The molecule has 28 heteroatoms. The molecule has 0 aliphatic carbocycles. The molecule has 63 heavy (non-hydrogen) atoms. The van der Waals surface area contributed by atoms with Crippen LogP contribution in [-0.2, 0) is 30.1 Å². The maximum Gasteiger partial charge on any atom is 0.420 e. The number of hydrogen-bond acceptors (Lipinski definition) is 6. The zero-order valence-electron chi connectivity index (χ0n) is 29.3. The molecule has 4 rings (SSSR count). The van der Waals surface area contributed by atoms with Crippen molar-refractivity contribution in [3.63, 3.8) is 0 Å². The molecule has 10 nitrogen and oxygen atoms in total. The van der Waals surface area contributed by atoms with E-state index in [1.54, 1.807) is 0 Å². The first-order valence-electron chi connectivity index (χ1n) is 15.7. The summed E-state index contributed by atoms with van der Waals surface area (Å²) in [6.45, 7) is 0. The van der Waals surface area contributed by atoms with E-state index in [9.17, 15) is 82.1 Å². The van der Waals surface area contributed by atoms with E-state index in [0.29, 0.717) is 0 Å². The molecule has 0 aromatic heterocycles. The first-order chi connectivity index (χ1) is 28.3. The second-order valence-corrected chi connectivity index (χ2v) is 12.4. The Hall–Kier alpha value is -6.90. The van der Waals surface area contributed by atoms with E-state index in [4.69, 9.17) is 10.2 Å². The highest BCUT2D eigenvalue weighted by Gasteiger charge is 2.73. The molecular weight excluding hydrogens is 922 g/mol. The SMILES string of the molecule is O=C(O)c1ccc(Oc2c(C(F)(F)F)cc(C(c3cc(C(F)(F)F)c(Oc4ccc(C(=O)O)c(C(=O)O)c4)c(C(F)(F)F)c3)(C(F)(F)F)C(F)(F)F)cc2C(F)(F)F)cc1C(=O)O. The van der Waals surface area contributed by atoms with Gasteiger partial charge in [0.2, 0.25) is 5.41 Å². The summed E-state index contributed by atoms with van der Waals surface area (Å²) in [7, 11) is 0. The van der Waals surface area contributed by atoms with E-state index in [0.717, 1.165) is 0 Å². The maximum atomic E-state index is 15.2. The maximum absolute atomic E-state index is 15.2. The van der Waals surface area contributed by atoms with Gasteiger partial charge in [0.1, 0.15) is 11.5 Å². The molecule has 4 aromatic rings. The van der Waals surface area contributed by atoms with Gasteiger partial charge in [-0.1, -0.05) is 0 Å². The van der Waals surface area contributed by atoms with Crippen molar-refractivity contribution in [2.45, 2.75) is 42.5 Å². The molecule has 4 aromatic carbocycles. The third kappa shape index (κ3) is 9.32. The minimum Gasteiger partial charge on any atom is -0.478 e. The van der Waals surface area contributed by atoms with Gasteiger partial charge in [-0.15, -0.1) is 0 Å². The Morgan fingerprint density at radius 2 is 0.603 bits per heavy atom. The van der Waals surface area contributed by atoms with Gasteiger partial charge in [0.15, 0.2) is 11.5 Å². The third-order valence-corrected chi connectivity index (χ3v) is 8.46. The molecule has 4 N–H and O–H groups in total. The third-order valence-electron chi connectivity index (χ3n) is 8.46. The fourth-order valence-electron chi connectivity index (χ4n) is 5.87. The molecule has 0 fully saturated rings. The van der Waals surface area contributed by atoms with Crippen molar-refractivity contribution in [1.29, 1.82) is 0 Å². The minimum absolute atomic E-state index is 0.0420. The summed E-state index contributed by atoms with van der Waals surface area (Å²) in [6.07, 6.45) is -41.5. The van der Waals surface area contributed by atoms with Crippen LogP contribution in [0.3, 0.4) is 0 Å². The Morgan fingerprint density at radius 1 is 0.365 bits per heavy atom. The van der Waals surface area contributed by atoms with Crippen molar-refractivity contribution in [3.8, 4) is 23.0 Å². The van der Waals surface area contributed by atoms with Gasteiger partial charge in [0.25, 0.3) is 0 Å². The largest absolute Gasteiger partial charge is 0.478 e. The van der Waals surface area contributed by atoms with Gasteiger partial charge >= 0.3 is 60.9 Å². The molecule has 340 valence electrons. The van der Waals surface area contributed by atoms with Crippen LogP contribution in [0.25, 0.3) is 0 Å². The predicted octanol–water partition coefficient (Wildman–Crippen LogP) is 11.5. The van der Waals surface area contributed by atoms with Crippen LogP contribution >= 0.6 is 0 Å². The van der Waals surface area contributed by atoms with E-state index in [1.165, 1.54) is 0 Å². The van der Waals surface area contributed by atoms with Crippen LogP contribution in [0, 0.1) is 0 Å². The van der Waals surface area contributed by atoms with Crippen LogP contribution < -0.4 is 9.47 Å². The van der Waals surface area contributed by atoms with Gasteiger partial charge in [-0.05, 0) is 71.8 Å². The van der Waals surface area contributed by atoms with Crippen molar-refractivity contribution in [3.05, 3.63) is 116 Å². The Kier molecular flexibility index (Phi) is 12.2. The fraction of sp³-hybridized carbons (Fsp3) is 0.200. The zero-order valence-corrected chi connectivity index (χ0v) is 29.3. The van der Waals surface area contributed by atoms with Crippen LogP contribution in [0.1, 0.15) is 74.8 Å². The van der Waals surface area contributed by atoms with Gasteiger partial charge in [-0.25, -0.2) is 19.2 Å². The number of alkyl halides is 18. The van der Waals surface area contributed by atoms with Gasteiger partial charge in [0.05, 0.1) is 44.5 Å². The molecule has 0 amide bonds. The lowest BCUT2D eigenvalue weighted by Crippen LogP contribution is -2.55. The average Bonchev–Trinajstić information content (AvgIpc) is 3.09. The smallest absolute Gasteiger partial charge is 0.420 e. The summed E-state index contributed by atoms with van der Waals surface area (Å²) in [5.41, 5.74) is -31.8. The molecular formula is C35H14F18O10. The van der Waals surface area contributed by atoms with Crippen LogP contribution in [0.4, 0.5) is 79.0 Å². The van der Waals surface area contributed by atoms with E-state index < -0.39 is 169 Å². The number of hydrogen-bond donors (Lipinski definition) is 4. The number of carboxylic acids is 4. The van der Waals surface area contributed by atoms with Crippen molar-refractivity contribution in [2.75, 3.05) is 0 Å². The molecule has 0 bridgehead atoms. The van der Waals surface area contributed by atoms with Crippen LogP contribution in [-0.4, -0.2) is 56.7 Å². The number of carboxylic acid groups (broad SMARTS) is 4. The summed E-state index contributed by atoms with van der Waals surface area (Å²) in [6, 6.07) is -4.90. The van der Waals surface area contributed by atoms with E-state index in [2.05, 4.69) is 9.47 Å². The topological polar surface area (TPSA) is 168 Å². The summed E-state index contributed by atoms with van der Waals surface area (Å²) in [5.74, 6) is -17.1. The average molecular weight is 936 g/mol. The van der Waals surface area contributed by atoms with E-state index >= 15 is 26.3 Å². The lowest BCUT2D eigenvalue weighted by atomic mass is 9.71. The van der Waals surface area contributed by atoms with Gasteiger partial charge in [-0.3, -0.25) is 0 Å². The van der Waals surface area contributed by atoms with Crippen molar-refractivity contribution in [2.24, 2.45) is 0 Å². The fourth-order valence-corrected chi connectivity index (χ4v) is 5.87. The molecule has 0 radical (unpaired) electrons. The summed E-state index contributed by atoms with van der Waals surface area (Å²) in [4.78, 5) is 45.8. The molecule has 0 saturated heterocycles. The first-order valence-corrected chi connectivity index (χ1v) is 15.7. The summed E-state index contributed by atoms with van der Waals surface area (Å²) >= 11 is 0. The number of aromatic carboxylic acids is 4. The second kappa shape index (κ2) is 15.8. The summed E-state index contributed by atoms with van der Waals surface area (Å²) in [5, 5.41) is 36.8. The number of halogens is 18. The number of carbonyl (C=O) groups is 4. The molecule has 0 aliphatic rings. The van der Waals surface area contributed by atoms with E-state index in [-0.39, 0.29) is 36.4 Å². The molecule has 0 unspecified atom stereocenters. The quantitative estimate of drug-likeness (QED) is 0.112. The summed E-state index contributed by atoms with van der Waals surface area (Å²) < 4.78 is 275. The molecule has 0 spiro atoms. The number of ether oxygens (including phenoxy) is 2. The highest BCUT2D eigenvalue weighted by molar-refractivity contribution is 6.02. The van der Waals surface area contributed by atoms with Crippen LogP contribution in [0.2, 0.25) is 0 Å². The standard InChI is InChI=1S/C35H14F18O10/c36-30(37,38)19-5-11(6-20(31(39,40)41)23(19)62-13-1-3-15(25(54)55)17(9-13)27(58)59)29(34(48,49)50,35(51,52)53)12-7-21(32(42,43)44)24(22(8-12)33(45,46)47)63-14-2-4-16(26(56)57)18(10-14)28(60)61/h1-10H,(H,54,55)(H,56,57)(H,58,59)(H,60,61). The van der Waals surface area contributed by atoms with Crippen LogP contribution in [0.15, 0.2) is 60.7 Å². The van der Waals surface area contributed by atoms with Crippen LogP contribution in [0.5, 0.6) is 23.0 Å². The zero-order chi connectivity index (χ0) is 48.4. The first kappa shape index (κ1) is 48.8. The molecule has 0 heterocycles. The Bertz CT molecular complexity index is 2270. The molecule has 0 saturated carbocycles. The van der Waals surface area contributed by atoms with Crippen molar-refractivity contribution < 1.29 is 128 Å². The Labute approximate surface area is 334 Å². The number of benzene rings is 4. The second-order valence-electron chi connectivity index (χ2n) is 12.4. The van der Waals surface area contributed by atoms with Gasteiger partial charge in [-0.2, -0.15) is 79.0 Å². The monoisotopic (exact) mass is 936 g/mol. The van der Waals surface area contributed by atoms with E-state index in [1.807, 2.05) is 0 Å². The van der Waals surface area contributed by atoms with Crippen molar-refractivity contribution >= 4 is 23.9 Å². The minimum atomic E-state index is -7.56. The predicted molar refractivity (Wildman–Crippen MR) is 167 cm³/mol.